The zero-order chi connectivity index (χ0) is 24.3. The third-order valence-corrected chi connectivity index (χ3v) is 7.91. The molecule has 7 nitrogen and oxygen atoms in total. The molecule has 2 aromatic rings. The lowest BCUT2D eigenvalue weighted by atomic mass is 9.81. The second-order valence-corrected chi connectivity index (χ2v) is 10.6. The lowest BCUT2D eigenvalue weighted by Crippen LogP contribution is -2.52. The number of halogens is 2. The second-order valence-electron chi connectivity index (χ2n) is 8.68. The Balaban J connectivity index is 1.44. The molecular formula is C24H28F2N2O5S. The van der Waals surface area contributed by atoms with Crippen molar-refractivity contribution in [2.75, 3.05) is 19.7 Å². The fraction of sp³-hybridized carbons (Fsp3) is 0.500. The van der Waals surface area contributed by atoms with E-state index >= 15 is 0 Å². The van der Waals surface area contributed by atoms with Gasteiger partial charge in [-0.15, -0.1) is 0 Å². The molecule has 1 amide bonds. The first-order chi connectivity index (χ1) is 16.2. The van der Waals surface area contributed by atoms with Gasteiger partial charge in [0.1, 0.15) is 6.10 Å². The van der Waals surface area contributed by atoms with E-state index in [1.807, 2.05) is 25.1 Å². The summed E-state index contributed by atoms with van der Waals surface area (Å²) < 4.78 is 61.3. The number of aromatic nitrogens is 1. The van der Waals surface area contributed by atoms with E-state index in [-0.39, 0.29) is 23.7 Å². The van der Waals surface area contributed by atoms with Crippen molar-refractivity contribution >= 4 is 15.7 Å². The fourth-order valence-corrected chi connectivity index (χ4v) is 5.48. The Morgan fingerprint density at radius 1 is 1.21 bits per heavy atom. The Morgan fingerprint density at radius 2 is 1.91 bits per heavy atom. The Labute approximate surface area is 198 Å². The smallest absolute Gasteiger partial charge is 0.341 e. The lowest BCUT2D eigenvalue weighted by molar-refractivity contribution is -0.191. The van der Waals surface area contributed by atoms with Gasteiger partial charge in [-0.3, -0.25) is 9.78 Å². The molecule has 2 unspecified atom stereocenters. The predicted octanol–water partition coefficient (Wildman–Crippen LogP) is 4.01. The van der Waals surface area contributed by atoms with Crippen LogP contribution in [0.15, 0.2) is 53.6 Å². The SMILES string of the molecule is CCOC1CC(c2ccccn2)OC2(CCN(C(=O)c3ccc(S(=O)(=O)C(F)F)cc3)CC2)C1. The molecule has 1 aromatic carbocycles. The van der Waals surface area contributed by atoms with Gasteiger partial charge in [0, 0.05) is 44.3 Å². The number of alkyl halides is 2. The van der Waals surface area contributed by atoms with Crippen molar-refractivity contribution in [2.24, 2.45) is 0 Å². The summed E-state index contributed by atoms with van der Waals surface area (Å²) in [4.78, 5) is 18.6. The highest BCUT2D eigenvalue weighted by Gasteiger charge is 2.45. The summed E-state index contributed by atoms with van der Waals surface area (Å²) in [6.45, 7) is 3.50. The van der Waals surface area contributed by atoms with E-state index in [4.69, 9.17) is 9.47 Å². The van der Waals surface area contributed by atoms with Gasteiger partial charge in [-0.1, -0.05) is 6.07 Å². The van der Waals surface area contributed by atoms with Gasteiger partial charge in [0.05, 0.1) is 22.3 Å². The number of likely N-dealkylation sites (tertiary alicyclic amines) is 1. The first-order valence-electron chi connectivity index (χ1n) is 11.4. The maximum atomic E-state index is 13.0. The number of rotatable bonds is 6. The van der Waals surface area contributed by atoms with Crippen molar-refractivity contribution in [3.8, 4) is 0 Å². The highest BCUT2D eigenvalue weighted by molar-refractivity contribution is 7.91. The van der Waals surface area contributed by atoms with Crippen LogP contribution in [0.1, 0.15) is 54.8 Å². The van der Waals surface area contributed by atoms with Crippen molar-refractivity contribution in [1.82, 2.24) is 9.88 Å². The van der Waals surface area contributed by atoms with Crippen LogP contribution in [0.4, 0.5) is 8.78 Å². The molecule has 2 aliphatic rings. The second kappa shape index (κ2) is 10.1. The van der Waals surface area contributed by atoms with Crippen LogP contribution in [0.2, 0.25) is 0 Å². The Hall–Kier alpha value is -2.43. The summed E-state index contributed by atoms with van der Waals surface area (Å²) in [5.41, 5.74) is 0.697. The molecule has 0 aliphatic carbocycles. The van der Waals surface area contributed by atoms with Crippen LogP contribution >= 0.6 is 0 Å². The molecule has 10 heteroatoms. The largest absolute Gasteiger partial charge is 0.378 e. The van der Waals surface area contributed by atoms with Gasteiger partial charge in [0.15, 0.2) is 0 Å². The number of benzene rings is 1. The molecular weight excluding hydrogens is 466 g/mol. The van der Waals surface area contributed by atoms with E-state index in [2.05, 4.69) is 4.98 Å². The van der Waals surface area contributed by atoms with Crippen LogP contribution in [0.3, 0.4) is 0 Å². The molecule has 0 N–H and O–H groups in total. The van der Waals surface area contributed by atoms with Crippen LogP contribution in [0, 0.1) is 0 Å². The minimum absolute atomic E-state index is 0.0392. The van der Waals surface area contributed by atoms with E-state index < -0.39 is 26.1 Å². The maximum Gasteiger partial charge on any atom is 0.341 e. The third-order valence-electron chi connectivity index (χ3n) is 6.52. The van der Waals surface area contributed by atoms with Gasteiger partial charge in [0.25, 0.3) is 5.91 Å². The molecule has 34 heavy (non-hydrogen) atoms. The summed E-state index contributed by atoms with van der Waals surface area (Å²) in [6, 6.07) is 10.4. The number of carbonyl (C=O) groups excluding carboxylic acids is 1. The highest BCUT2D eigenvalue weighted by Crippen LogP contribution is 2.43. The quantitative estimate of drug-likeness (QED) is 0.603. The number of hydrogen-bond acceptors (Lipinski definition) is 6. The fourth-order valence-electron chi connectivity index (χ4n) is 4.76. The summed E-state index contributed by atoms with van der Waals surface area (Å²) >= 11 is 0. The van der Waals surface area contributed by atoms with Gasteiger partial charge in [-0.2, -0.15) is 8.78 Å². The number of ether oxygens (including phenoxy) is 2. The molecule has 0 saturated carbocycles. The van der Waals surface area contributed by atoms with Crippen molar-refractivity contribution in [1.29, 1.82) is 0 Å². The number of pyridine rings is 1. The zero-order valence-corrected chi connectivity index (χ0v) is 19.7. The highest BCUT2D eigenvalue weighted by atomic mass is 32.2. The Kier molecular flexibility index (Phi) is 7.30. The molecule has 2 saturated heterocycles. The number of piperidine rings is 1. The number of nitrogens with zero attached hydrogens (tertiary/aromatic N) is 2. The Bertz CT molecular complexity index is 1090. The molecule has 2 atom stereocenters. The number of carbonyl (C=O) groups is 1. The lowest BCUT2D eigenvalue weighted by Gasteiger charge is -2.48. The standard InChI is InChI=1S/C24H28F2N2O5S/c1-2-32-18-15-21(20-5-3-4-12-27-20)33-24(16-18)10-13-28(14-11-24)22(29)17-6-8-19(9-7-17)34(30,31)23(25)26/h3-9,12,18,21,23H,2,10-11,13-16H2,1H3. The molecule has 2 fully saturated rings. The van der Waals surface area contributed by atoms with Crippen molar-refractivity contribution in [3.63, 3.8) is 0 Å². The predicted molar refractivity (Wildman–Crippen MR) is 120 cm³/mol. The molecule has 184 valence electrons. The molecule has 4 rings (SSSR count). The first-order valence-corrected chi connectivity index (χ1v) is 12.9. The minimum atomic E-state index is -4.69. The average molecular weight is 495 g/mol. The molecule has 0 bridgehead atoms. The molecule has 0 radical (unpaired) electrons. The van der Waals surface area contributed by atoms with Crippen molar-refractivity contribution < 1.29 is 31.5 Å². The van der Waals surface area contributed by atoms with Crippen LogP contribution in [0.5, 0.6) is 0 Å². The summed E-state index contributed by atoms with van der Waals surface area (Å²) in [7, 11) is -4.69. The van der Waals surface area contributed by atoms with Gasteiger partial charge >= 0.3 is 5.76 Å². The summed E-state index contributed by atoms with van der Waals surface area (Å²) in [5, 5.41) is 0. The van der Waals surface area contributed by atoms with Crippen molar-refractivity contribution in [3.05, 3.63) is 59.9 Å². The summed E-state index contributed by atoms with van der Waals surface area (Å²) in [6.07, 6.45) is 4.33. The van der Waals surface area contributed by atoms with Gasteiger partial charge in [-0.25, -0.2) is 8.42 Å². The monoisotopic (exact) mass is 494 g/mol. The third kappa shape index (κ3) is 5.13. The van der Waals surface area contributed by atoms with Crippen LogP contribution in [0.25, 0.3) is 0 Å². The topological polar surface area (TPSA) is 85.8 Å². The van der Waals surface area contributed by atoms with Crippen LogP contribution in [-0.4, -0.2) is 61.4 Å². The average Bonchev–Trinajstić information content (AvgIpc) is 2.84. The molecule has 2 aliphatic heterocycles. The maximum absolute atomic E-state index is 13.0. The molecule has 1 spiro atoms. The number of hydrogen-bond donors (Lipinski definition) is 0. The first kappa shape index (κ1) is 24.7. The van der Waals surface area contributed by atoms with Crippen LogP contribution in [-0.2, 0) is 19.3 Å². The number of sulfone groups is 1. The normalized spacial score (nSPS) is 22.8. The Morgan fingerprint density at radius 3 is 2.50 bits per heavy atom. The van der Waals surface area contributed by atoms with Gasteiger partial charge < -0.3 is 14.4 Å². The van der Waals surface area contributed by atoms with Crippen molar-refractivity contribution in [2.45, 2.75) is 61.1 Å². The van der Waals surface area contributed by atoms with Gasteiger partial charge in [-0.05, 0) is 56.2 Å². The van der Waals surface area contributed by atoms with E-state index in [0.29, 0.717) is 32.5 Å². The minimum Gasteiger partial charge on any atom is -0.378 e. The molecule has 1 aromatic heterocycles. The van der Waals surface area contributed by atoms with E-state index in [1.54, 1.807) is 11.1 Å². The van der Waals surface area contributed by atoms with E-state index in [0.717, 1.165) is 30.7 Å². The van der Waals surface area contributed by atoms with E-state index in [1.165, 1.54) is 12.1 Å². The summed E-state index contributed by atoms with van der Waals surface area (Å²) in [5.74, 6) is -3.77. The molecule has 3 heterocycles. The van der Waals surface area contributed by atoms with Gasteiger partial charge in [0.2, 0.25) is 9.84 Å². The zero-order valence-electron chi connectivity index (χ0n) is 18.9. The van der Waals surface area contributed by atoms with Crippen LogP contribution < -0.4 is 0 Å². The number of amides is 1. The van der Waals surface area contributed by atoms with E-state index in [9.17, 15) is 22.0 Å².